The van der Waals surface area contributed by atoms with Crippen LogP contribution >= 0.6 is 11.6 Å². The van der Waals surface area contributed by atoms with Crippen LogP contribution in [0.15, 0.2) is 42.5 Å². The highest BCUT2D eigenvalue weighted by molar-refractivity contribution is 6.30. The van der Waals surface area contributed by atoms with Crippen molar-refractivity contribution >= 4 is 23.6 Å². The molecule has 0 spiro atoms. The lowest BCUT2D eigenvalue weighted by atomic mass is 9.79. The number of amides is 2. The van der Waals surface area contributed by atoms with E-state index in [4.69, 9.17) is 16.3 Å². The number of rotatable bonds is 3. The number of ether oxygens (including phenoxy) is 1. The fourth-order valence-electron chi connectivity index (χ4n) is 5.06. The number of alkyl halides is 6. The molecule has 0 N–H and O–H groups in total. The first-order chi connectivity index (χ1) is 17.8. The average Bonchev–Trinajstić information content (AvgIpc) is 2.88. The summed E-state index contributed by atoms with van der Waals surface area (Å²) in [5.41, 5.74) is -3.64. The SMILES string of the molecule is O=C(Oc1ccc(Cl)cc1)N1CCC(C2CCN(C(=O)c3cc(C(F)(F)F)cc(C(F)(F)F)c3)CC2)CC1. The van der Waals surface area contributed by atoms with Crippen molar-refractivity contribution in [1.29, 1.82) is 0 Å². The molecule has 2 aromatic rings. The first-order valence-corrected chi connectivity index (χ1v) is 12.5. The van der Waals surface area contributed by atoms with Gasteiger partial charge in [-0.2, -0.15) is 26.3 Å². The molecule has 0 atom stereocenters. The van der Waals surface area contributed by atoms with E-state index in [9.17, 15) is 35.9 Å². The molecule has 2 fully saturated rings. The second-order valence-corrected chi connectivity index (χ2v) is 10.0. The third-order valence-corrected chi connectivity index (χ3v) is 7.40. The molecule has 12 heteroatoms. The van der Waals surface area contributed by atoms with E-state index in [1.165, 1.54) is 4.90 Å². The van der Waals surface area contributed by atoms with Crippen molar-refractivity contribution in [2.45, 2.75) is 38.0 Å². The maximum atomic E-state index is 13.2. The molecule has 2 heterocycles. The molecule has 2 aliphatic heterocycles. The number of benzene rings is 2. The number of hydrogen-bond donors (Lipinski definition) is 0. The quantitative estimate of drug-likeness (QED) is 0.374. The summed E-state index contributed by atoms with van der Waals surface area (Å²) in [5, 5.41) is 0.527. The van der Waals surface area contributed by atoms with Gasteiger partial charge in [0.15, 0.2) is 0 Å². The average molecular weight is 563 g/mol. The first kappa shape index (κ1) is 28.1. The molecule has 0 aliphatic carbocycles. The van der Waals surface area contributed by atoms with Gasteiger partial charge in [0.05, 0.1) is 11.1 Å². The zero-order chi connectivity index (χ0) is 27.7. The number of piperidine rings is 2. The van der Waals surface area contributed by atoms with Crippen molar-refractivity contribution in [2.75, 3.05) is 26.2 Å². The van der Waals surface area contributed by atoms with E-state index in [0.29, 0.717) is 48.8 Å². The summed E-state index contributed by atoms with van der Waals surface area (Å²) in [7, 11) is 0. The van der Waals surface area contributed by atoms with E-state index >= 15 is 0 Å². The fourth-order valence-corrected chi connectivity index (χ4v) is 5.18. The van der Waals surface area contributed by atoms with Crippen LogP contribution in [0, 0.1) is 11.8 Å². The number of halogens is 7. The van der Waals surface area contributed by atoms with Crippen LogP contribution in [-0.2, 0) is 12.4 Å². The standard InChI is InChI=1S/C26H25ClF6N2O3/c27-21-1-3-22(4-2-21)38-24(37)35-11-7-17(8-12-35)16-5-9-34(10-6-16)23(36)18-13-19(25(28,29)30)15-20(14-18)26(31,32)33/h1-4,13-17H,5-12H2. The van der Waals surface area contributed by atoms with Crippen molar-refractivity contribution < 1.29 is 40.7 Å². The normalized spacial score (nSPS) is 18.0. The molecule has 2 aliphatic rings. The van der Waals surface area contributed by atoms with E-state index < -0.39 is 41.0 Å². The van der Waals surface area contributed by atoms with Crippen LogP contribution in [0.5, 0.6) is 5.75 Å². The Labute approximate surface area is 220 Å². The predicted molar refractivity (Wildman–Crippen MR) is 127 cm³/mol. The number of likely N-dealkylation sites (tertiary alicyclic amines) is 2. The highest BCUT2D eigenvalue weighted by Crippen LogP contribution is 2.37. The number of hydrogen-bond acceptors (Lipinski definition) is 3. The van der Waals surface area contributed by atoms with E-state index in [2.05, 4.69) is 0 Å². The van der Waals surface area contributed by atoms with Crippen LogP contribution in [0.25, 0.3) is 0 Å². The van der Waals surface area contributed by atoms with Gasteiger partial charge < -0.3 is 14.5 Å². The molecule has 4 rings (SSSR count). The van der Waals surface area contributed by atoms with Crippen LogP contribution < -0.4 is 4.74 Å². The smallest absolute Gasteiger partial charge is 0.410 e. The number of nitrogens with zero attached hydrogens (tertiary/aromatic N) is 2. The summed E-state index contributed by atoms with van der Waals surface area (Å²) in [5.74, 6) is 0.0689. The summed E-state index contributed by atoms with van der Waals surface area (Å²) >= 11 is 5.83. The largest absolute Gasteiger partial charge is 0.416 e. The summed E-state index contributed by atoms with van der Waals surface area (Å²) in [6.45, 7) is 1.47. The number of carbonyl (C=O) groups is 2. The van der Waals surface area contributed by atoms with Crippen LogP contribution in [0.1, 0.15) is 47.2 Å². The van der Waals surface area contributed by atoms with Gasteiger partial charge in [0.2, 0.25) is 0 Å². The van der Waals surface area contributed by atoms with Gasteiger partial charge in [0.25, 0.3) is 5.91 Å². The lowest BCUT2D eigenvalue weighted by Gasteiger charge is -2.40. The van der Waals surface area contributed by atoms with Gasteiger partial charge in [-0.25, -0.2) is 4.79 Å². The molecule has 2 amide bonds. The maximum Gasteiger partial charge on any atom is 0.416 e. The lowest BCUT2D eigenvalue weighted by molar-refractivity contribution is -0.143. The minimum Gasteiger partial charge on any atom is -0.410 e. The molecule has 0 saturated carbocycles. The second kappa shape index (κ2) is 11.0. The minimum absolute atomic E-state index is 0.0145. The van der Waals surface area contributed by atoms with Crippen LogP contribution in [0.4, 0.5) is 31.1 Å². The van der Waals surface area contributed by atoms with Gasteiger partial charge in [-0.15, -0.1) is 0 Å². The van der Waals surface area contributed by atoms with Gasteiger partial charge in [0.1, 0.15) is 5.75 Å². The summed E-state index contributed by atoms with van der Waals surface area (Å²) in [6.07, 6.45) is -7.86. The highest BCUT2D eigenvalue weighted by Gasteiger charge is 2.38. The van der Waals surface area contributed by atoms with Crippen molar-refractivity contribution in [3.63, 3.8) is 0 Å². The van der Waals surface area contributed by atoms with Gasteiger partial charge >= 0.3 is 18.4 Å². The van der Waals surface area contributed by atoms with Crippen LogP contribution in [0.3, 0.4) is 0 Å². The third kappa shape index (κ3) is 6.73. The lowest BCUT2D eigenvalue weighted by Crippen LogP contribution is -2.44. The van der Waals surface area contributed by atoms with Crippen LogP contribution in [0.2, 0.25) is 5.02 Å². The highest BCUT2D eigenvalue weighted by atomic mass is 35.5. The van der Waals surface area contributed by atoms with Crippen molar-refractivity contribution in [2.24, 2.45) is 11.8 Å². The minimum atomic E-state index is -5.01. The van der Waals surface area contributed by atoms with Crippen molar-refractivity contribution in [1.82, 2.24) is 9.80 Å². The zero-order valence-corrected chi connectivity index (χ0v) is 20.9. The van der Waals surface area contributed by atoms with Gasteiger partial charge in [-0.3, -0.25) is 4.79 Å². The molecule has 2 aromatic carbocycles. The molecule has 2 saturated heterocycles. The molecule has 206 valence electrons. The third-order valence-electron chi connectivity index (χ3n) is 7.14. The van der Waals surface area contributed by atoms with E-state index in [1.807, 2.05) is 0 Å². The van der Waals surface area contributed by atoms with Crippen molar-refractivity contribution in [3.05, 3.63) is 64.2 Å². The molecule has 0 aromatic heterocycles. The molecule has 0 unspecified atom stereocenters. The number of carbonyl (C=O) groups excluding carboxylic acids is 2. The fraction of sp³-hybridized carbons (Fsp3) is 0.462. The Bertz CT molecular complexity index is 1120. The molecular formula is C26H25ClF6N2O3. The van der Waals surface area contributed by atoms with Gasteiger partial charge in [-0.1, -0.05) is 11.6 Å². The Morgan fingerprint density at radius 3 is 1.63 bits per heavy atom. The Kier molecular flexibility index (Phi) is 8.15. The molecule has 5 nitrogen and oxygen atoms in total. The second-order valence-electron chi connectivity index (χ2n) is 9.57. The van der Waals surface area contributed by atoms with E-state index in [-0.39, 0.29) is 31.0 Å². The first-order valence-electron chi connectivity index (χ1n) is 12.1. The Morgan fingerprint density at radius 1 is 0.737 bits per heavy atom. The molecular weight excluding hydrogens is 538 g/mol. The predicted octanol–water partition coefficient (Wildman–Crippen LogP) is 7.14. The van der Waals surface area contributed by atoms with Crippen molar-refractivity contribution in [3.8, 4) is 5.75 Å². The summed E-state index contributed by atoms with van der Waals surface area (Å²) in [6, 6.07) is 7.41. The van der Waals surface area contributed by atoms with Gasteiger partial charge in [0, 0.05) is 36.8 Å². The van der Waals surface area contributed by atoms with Crippen LogP contribution in [-0.4, -0.2) is 48.0 Å². The molecule has 38 heavy (non-hydrogen) atoms. The molecule has 0 radical (unpaired) electrons. The molecule has 0 bridgehead atoms. The van der Waals surface area contributed by atoms with Gasteiger partial charge in [-0.05, 0) is 80.0 Å². The zero-order valence-electron chi connectivity index (χ0n) is 20.1. The maximum absolute atomic E-state index is 13.2. The van der Waals surface area contributed by atoms with E-state index in [1.54, 1.807) is 29.2 Å². The summed E-state index contributed by atoms with van der Waals surface area (Å²) < 4.78 is 84.4. The topological polar surface area (TPSA) is 49.9 Å². The van der Waals surface area contributed by atoms with E-state index in [0.717, 1.165) is 12.8 Å². The Balaban J connectivity index is 1.31. The Hall–Kier alpha value is -2.95. The Morgan fingerprint density at radius 2 is 1.18 bits per heavy atom. The monoisotopic (exact) mass is 562 g/mol. The summed E-state index contributed by atoms with van der Waals surface area (Å²) in [4.78, 5) is 28.2.